The fourth-order valence-corrected chi connectivity index (χ4v) is 4.29. The second kappa shape index (κ2) is 8.67. The number of hydrogen-bond acceptors (Lipinski definition) is 3. The molecule has 4 nitrogen and oxygen atoms in total. The summed E-state index contributed by atoms with van der Waals surface area (Å²) >= 11 is 0. The van der Waals surface area contributed by atoms with Crippen molar-refractivity contribution in [2.24, 2.45) is 0 Å². The molecule has 0 saturated heterocycles. The van der Waals surface area contributed by atoms with Crippen LogP contribution in [0.3, 0.4) is 0 Å². The number of rotatable bonds is 3. The van der Waals surface area contributed by atoms with E-state index in [0.29, 0.717) is 5.82 Å². The number of aromatic nitrogens is 2. The molecule has 1 aliphatic rings. The van der Waals surface area contributed by atoms with E-state index in [1.165, 1.54) is 11.1 Å². The van der Waals surface area contributed by atoms with Gasteiger partial charge in [-0.1, -0.05) is 57.9 Å². The number of nitrogens with zero attached hydrogens (tertiary/aromatic N) is 2. The predicted molar refractivity (Wildman–Crippen MR) is 132 cm³/mol. The Bertz CT molecular complexity index is 1270. The molecule has 3 aromatic rings. The molecule has 0 unspecified atom stereocenters. The molecule has 0 bridgehead atoms. The average molecular weight is 437 g/mol. The molecule has 0 atom stereocenters. The first-order chi connectivity index (χ1) is 15.7. The maximum atomic E-state index is 11.1. The van der Waals surface area contributed by atoms with Crippen molar-refractivity contribution in [3.63, 3.8) is 0 Å². The molecule has 0 saturated carbocycles. The molecule has 1 heterocycles. The number of carbonyl (C=O) groups is 1. The summed E-state index contributed by atoms with van der Waals surface area (Å²) < 4.78 is 0. The summed E-state index contributed by atoms with van der Waals surface area (Å²) in [6.45, 7) is 9.22. The highest BCUT2D eigenvalue weighted by Gasteiger charge is 2.37. The number of aromatic carboxylic acids is 1. The third-order valence-corrected chi connectivity index (χ3v) is 6.51. The third-order valence-electron chi connectivity index (χ3n) is 6.51. The Labute approximate surface area is 195 Å². The molecule has 33 heavy (non-hydrogen) atoms. The highest BCUT2D eigenvalue weighted by molar-refractivity contribution is 5.88. The van der Waals surface area contributed by atoms with Crippen molar-refractivity contribution in [1.82, 2.24) is 9.97 Å². The number of carboxylic acid groups (broad SMARTS) is 1. The maximum absolute atomic E-state index is 11.1. The molecule has 0 amide bonds. The van der Waals surface area contributed by atoms with Crippen LogP contribution in [0.4, 0.5) is 0 Å². The Morgan fingerprint density at radius 3 is 2.12 bits per heavy atom. The van der Waals surface area contributed by atoms with Gasteiger partial charge in [0, 0.05) is 18.0 Å². The minimum Gasteiger partial charge on any atom is -0.478 e. The summed E-state index contributed by atoms with van der Waals surface area (Å²) in [6.07, 6.45) is 9.71. The number of fused-ring (bicyclic) bond motifs is 1. The second-order valence-electron chi connectivity index (χ2n) is 9.84. The predicted octanol–water partition coefficient (Wildman–Crippen LogP) is 6.09. The Hall–Kier alpha value is -3.71. The van der Waals surface area contributed by atoms with Crippen LogP contribution < -0.4 is 0 Å². The van der Waals surface area contributed by atoms with Gasteiger partial charge >= 0.3 is 5.97 Å². The van der Waals surface area contributed by atoms with Gasteiger partial charge in [0.2, 0.25) is 5.82 Å². The standard InChI is InChI=1S/C29H28N2O2/c1-28(2)14-15-29(3,4)25-19-23(12-13-26-30-16-5-17-31-26)22(18-24(25)28)11-8-20-6-9-21(10-7-20)27(32)33/h5-11,16-19H,14-15H2,1-4H3,(H,32,33)/b11-8+. The molecule has 4 heteroatoms. The lowest BCUT2D eigenvalue weighted by Crippen LogP contribution is -2.34. The fourth-order valence-electron chi connectivity index (χ4n) is 4.29. The highest BCUT2D eigenvalue weighted by atomic mass is 16.4. The van der Waals surface area contributed by atoms with Crippen molar-refractivity contribution >= 4 is 18.1 Å². The molecule has 0 fully saturated rings. The summed E-state index contributed by atoms with van der Waals surface area (Å²) in [5.74, 6) is 5.97. The first kappa shape index (κ1) is 22.5. The van der Waals surface area contributed by atoms with Crippen LogP contribution in [0, 0.1) is 11.8 Å². The SMILES string of the molecule is CC1(C)CCC(C)(C)c2cc(/C=C/c3ccc(C(=O)O)cc3)c(C#Cc3ncccn3)cc21. The summed E-state index contributed by atoms with van der Waals surface area (Å²) in [4.78, 5) is 19.6. The Morgan fingerprint density at radius 1 is 0.909 bits per heavy atom. The molecule has 2 aromatic carbocycles. The minimum absolute atomic E-state index is 0.0828. The molecule has 1 aliphatic carbocycles. The van der Waals surface area contributed by atoms with E-state index in [1.54, 1.807) is 30.6 Å². The molecule has 166 valence electrons. The van der Waals surface area contributed by atoms with E-state index in [0.717, 1.165) is 29.5 Å². The van der Waals surface area contributed by atoms with E-state index in [4.69, 9.17) is 5.11 Å². The molecular formula is C29H28N2O2. The van der Waals surface area contributed by atoms with Gasteiger partial charge in [-0.2, -0.15) is 0 Å². The number of benzene rings is 2. The highest BCUT2D eigenvalue weighted by Crippen LogP contribution is 2.46. The lowest BCUT2D eigenvalue weighted by Gasteiger charge is -2.42. The zero-order valence-corrected chi connectivity index (χ0v) is 19.5. The smallest absolute Gasteiger partial charge is 0.335 e. The molecule has 0 aliphatic heterocycles. The summed E-state index contributed by atoms with van der Waals surface area (Å²) in [6, 6.07) is 13.1. The maximum Gasteiger partial charge on any atom is 0.335 e. The molecule has 1 N–H and O–H groups in total. The number of carboxylic acids is 1. The van der Waals surface area contributed by atoms with Crippen LogP contribution >= 0.6 is 0 Å². The summed E-state index contributed by atoms with van der Waals surface area (Å²) in [5, 5.41) is 9.13. The second-order valence-corrected chi connectivity index (χ2v) is 9.84. The number of hydrogen-bond donors (Lipinski definition) is 1. The van der Waals surface area contributed by atoms with Gasteiger partial charge in [-0.3, -0.25) is 0 Å². The topological polar surface area (TPSA) is 63.1 Å². The first-order valence-electron chi connectivity index (χ1n) is 11.2. The van der Waals surface area contributed by atoms with Crippen LogP contribution in [0.5, 0.6) is 0 Å². The molecule has 4 rings (SSSR count). The Balaban J connectivity index is 1.81. The molecule has 0 spiro atoms. The summed E-state index contributed by atoms with van der Waals surface area (Å²) in [5.41, 5.74) is 6.06. The average Bonchev–Trinajstić information content (AvgIpc) is 2.80. The van der Waals surface area contributed by atoms with E-state index < -0.39 is 5.97 Å². The summed E-state index contributed by atoms with van der Waals surface area (Å²) in [7, 11) is 0. The Morgan fingerprint density at radius 2 is 1.52 bits per heavy atom. The van der Waals surface area contributed by atoms with E-state index in [-0.39, 0.29) is 16.4 Å². The molecule has 1 aromatic heterocycles. The first-order valence-corrected chi connectivity index (χ1v) is 11.2. The van der Waals surface area contributed by atoms with Crippen molar-refractivity contribution in [3.05, 3.63) is 94.1 Å². The van der Waals surface area contributed by atoms with Gasteiger partial charge in [0.25, 0.3) is 0 Å². The monoisotopic (exact) mass is 436 g/mol. The molecule has 0 radical (unpaired) electrons. The zero-order valence-electron chi connectivity index (χ0n) is 19.5. The van der Waals surface area contributed by atoms with Gasteiger partial charge in [0.05, 0.1) is 5.56 Å². The quantitative estimate of drug-likeness (QED) is 0.398. The van der Waals surface area contributed by atoms with Crippen molar-refractivity contribution in [3.8, 4) is 11.8 Å². The van der Waals surface area contributed by atoms with Gasteiger partial charge in [0.15, 0.2) is 0 Å². The van der Waals surface area contributed by atoms with Gasteiger partial charge in [-0.25, -0.2) is 14.8 Å². The lowest BCUT2D eigenvalue weighted by molar-refractivity contribution is 0.0697. The largest absolute Gasteiger partial charge is 0.478 e. The van der Waals surface area contributed by atoms with E-state index in [9.17, 15) is 4.79 Å². The van der Waals surface area contributed by atoms with Gasteiger partial charge in [-0.15, -0.1) is 0 Å². The van der Waals surface area contributed by atoms with E-state index in [1.807, 2.05) is 18.2 Å². The van der Waals surface area contributed by atoms with Crippen LogP contribution in [-0.2, 0) is 10.8 Å². The van der Waals surface area contributed by atoms with Crippen LogP contribution in [-0.4, -0.2) is 21.0 Å². The van der Waals surface area contributed by atoms with Gasteiger partial charge in [-0.05, 0) is 82.2 Å². The van der Waals surface area contributed by atoms with Crippen LogP contribution in [0.15, 0.2) is 54.9 Å². The van der Waals surface area contributed by atoms with Gasteiger partial charge in [0.1, 0.15) is 0 Å². The van der Waals surface area contributed by atoms with E-state index >= 15 is 0 Å². The van der Waals surface area contributed by atoms with Crippen molar-refractivity contribution < 1.29 is 9.90 Å². The fraction of sp³-hybridized carbons (Fsp3) is 0.276. The Kier molecular flexibility index (Phi) is 5.91. The van der Waals surface area contributed by atoms with E-state index in [2.05, 4.69) is 67.7 Å². The minimum atomic E-state index is -0.925. The van der Waals surface area contributed by atoms with Gasteiger partial charge < -0.3 is 5.11 Å². The van der Waals surface area contributed by atoms with Crippen molar-refractivity contribution in [2.75, 3.05) is 0 Å². The van der Waals surface area contributed by atoms with Crippen LogP contribution in [0.2, 0.25) is 0 Å². The van der Waals surface area contributed by atoms with Crippen LogP contribution in [0.25, 0.3) is 12.2 Å². The molecular weight excluding hydrogens is 408 g/mol. The van der Waals surface area contributed by atoms with Crippen LogP contribution in [0.1, 0.15) is 84.5 Å². The van der Waals surface area contributed by atoms with Crippen molar-refractivity contribution in [1.29, 1.82) is 0 Å². The zero-order chi connectivity index (χ0) is 23.6. The third kappa shape index (κ3) is 4.88. The van der Waals surface area contributed by atoms with Crippen molar-refractivity contribution in [2.45, 2.75) is 51.4 Å². The normalized spacial score (nSPS) is 16.0. The lowest BCUT2D eigenvalue weighted by atomic mass is 9.62.